The second kappa shape index (κ2) is 15.5. The Hall–Kier alpha value is -4.68. The molecule has 3 aliphatic heterocycles. The highest BCUT2D eigenvalue weighted by Crippen LogP contribution is 2.33. The Morgan fingerprint density at radius 3 is 2.67 bits per heavy atom. The van der Waals surface area contributed by atoms with Gasteiger partial charge in [-0.05, 0) is 60.7 Å². The van der Waals surface area contributed by atoms with Crippen LogP contribution in [0.15, 0.2) is 65.6 Å². The van der Waals surface area contributed by atoms with Gasteiger partial charge in [0.15, 0.2) is 11.5 Å². The van der Waals surface area contributed by atoms with E-state index in [-0.39, 0.29) is 49.4 Å². The van der Waals surface area contributed by atoms with Crippen molar-refractivity contribution in [1.29, 1.82) is 0 Å². The van der Waals surface area contributed by atoms with Gasteiger partial charge in [0.25, 0.3) is 5.91 Å². The van der Waals surface area contributed by atoms with Crippen LogP contribution < -0.4 is 20.3 Å². The van der Waals surface area contributed by atoms with Crippen molar-refractivity contribution >= 4 is 17.7 Å². The molecule has 0 unspecified atom stereocenters. The summed E-state index contributed by atoms with van der Waals surface area (Å²) in [7, 11) is 3.17. The number of hydrogen-bond acceptors (Lipinski definition) is 8. The lowest BCUT2D eigenvalue weighted by Crippen LogP contribution is -2.58. The van der Waals surface area contributed by atoms with Crippen LogP contribution in [0.3, 0.4) is 0 Å². The summed E-state index contributed by atoms with van der Waals surface area (Å²) in [6.07, 6.45) is 2.68. The van der Waals surface area contributed by atoms with E-state index in [4.69, 9.17) is 18.9 Å². The first-order chi connectivity index (χ1) is 22.3. The minimum atomic E-state index is -0.537. The molecule has 2 aromatic carbocycles. The normalized spacial score (nSPS) is 19.3. The smallest absolute Gasteiger partial charge is 0.255 e. The van der Waals surface area contributed by atoms with E-state index in [1.165, 1.54) is 18.3 Å². The molecule has 2 atom stereocenters. The quantitative estimate of drug-likeness (QED) is 0.396. The number of benzene rings is 2. The van der Waals surface area contributed by atoms with Crippen LogP contribution in [0, 0.1) is 0 Å². The van der Waals surface area contributed by atoms with Crippen LogP contribution in [-0.4, -0.2) is 91.7 Å². The standard InChI is InChI=1S/C34H40N4O8/c1-43-16-4-14-37-21-32(40)36-27-20-38(34(42)25-9-11-31(39)35-19-25)15-13-28(27)45-22-24-5-3-6-26(17-24)46-29-10-7-23(8-12-33(37)41)18-30(29)44-2/h3,5-7,9-11,17-19,27-28H,4,8,12-16,20-22H2,1-2H3,(H,35,39)(H,36,40)/t27-,28+/m0/s1. The molecule has 0 saturated carbocycles. The molecule has 0 spiro atoms. The summed E-state index contributed by atoms with van der Waals surface area (Å²) in [4.78, 5) is 57.5. The molecule has 1 aromatic heterocycles. The fraction of sp³-hybridized carbons (Fsp3) is 0.412. The van der Waals surface area contributed by atoms with Gasteiger partial charge in [-0.15, -0.1) is 0 Å². The SMILES string of the molecule is COCCCN1CC(=O)N[C@H]2CN(C(=O)c3ccc(=O)[nH]c3)CC[C@H]2OCc2cccc(c2)Oc2ccc(cc2OC)CCC1=O. The third-order valence-corrected chi connectivity index (χ3v) is 8.12. The second-order valence-corrected chi connectivity index (χ2v) is 11.4. The van der Waals surface area contributed by atoms with Gasteiger partial charge in [0.05, 0.1) is 38.0 Å². The molecular formula is C34H40N4O8. The molecule has 244 valence electrons. The molecule has 3 amide bonds. The highest BCUT2D eigenvalue weighted by molar-refractivity contribution is 5.94. The van der Waals surface area contributed by atoms with Gasteiger partial charge >= 0.3 is 0 Å². The largest absolute Gasteiger partial charge is 0.493 e. The van der Waals surface area contributed by atoms with E-state index < -0.39 is 12.1 Å². The van der Waals surface area contributed by atoms with E-state index in [2.05, 4.69) is 10.3 Å². The number of H-pyrrole nitrogens is 1. The van der Waals surface area contributed by atoms with Crippen LogP contribution in [0.5, 0.6) is 17.2 Å². The number of pyridine rings is 1. The van der Waals surface area contributed by atoms with Crippen LogP contribution in [0.1, 0.15) is 40.7 Å². The van der Waals surface area contributed by atoms with Crippen LogP contribution in [0.2, 0.25) is 0 Å². The molecule has 12 nitrogen and oxygen atoms in total. The molecule has 0 aliphatic carbocycles. The average molecular weight is 633 g/mol. The van der Waals surface area contributed by atoms with Gasteiger partial charge in [-0.3, -0.25) is 19.2 Å². The van der Waals surface area contributed by atoms with Crippen molar-refractivity contribution in [1.82, 2.24) is 20.1 Å². The highest BCUT2D eigenvalue weighted by Gasteiger charge is 2.34. The number of likely N-dealkylation sites (tertiary alicyclic amines) is 1. The van der Waals surface area contributed by atoms with Crippen LogP contribution in [-0.2, 0) is 32.1 Å². The van der Waals surface area contributed by atoms with E-state index in [1.807, 2.05) is 42.5 Å². The topological polar surface area (TPSA) is 140 Å². The molecular weight excluding hydrogens is 592 g/mol. The Balaban J connectivity index is 1.41. The van der Waals surface area contributed by atoms with E-state index in [0.717, 1.165) is 11.1 Å². The number of aromatic nitrogens is 1. The molecule has 6 rings (SSSR count). The lowest BCUT2D eigenvalue weighted by molar-refractivity contribution is -0.137. The number of hydrogen-bond donors (Lipinski definition) is 2. The first-order valence-corrected chi connectivity index (χ1v) is 15.4. The predicted molar refractivity (Wildman–Crippen MR) is 169 cm³/mol. The maximum atomic E-state index is 13.5. The monoisotopic (exact) mass is 632 g/mol. The number of amides is 3. The van der Waals surface area contributed by atoms with Gasteiger partial charge in [0, 0.05) is 52.0 Å². The van der Waals surface area contributed by atoms with Crippen LogP contribution in [0.25, 0.3) is 0 Å². The zero-order chi connectivity index (χ0) is 32.5. The summed E-state index contributed by atoms with van der Waals surface area (Å²) >= 11 is 0. The van der Waals surface area contributed by atoms with Crippen molar-refractivity contribution in [2.24, 2.45) is 0 Å². The fourth-order valence-corrected chi connectivity index (χ4v) is 5.69. The summed E-state index contributed by atoms with van der Waals surface area (Å²) < 4.78 is 23.3. The summed E-state index contributed by atoms with van der Waals surface area (Å²) in [5.41, 5.74) is 1.82. The maximum absolute atomic E-state index is 13.5. The number of piperidine rings is 1. The van der Waals surface area contributed by atoms with Crippen LogP contribution in [0.4, 0.5) is 0 Å². The molecule has 46 heavy (non-hydrogen) atoms. The van der Waals surface area contributed by atoms with Gasteiger partial charge in [0.1, 0.15) is 5.75 Å². The number of fused-ring (bicyclic) bond motifs is 9. The highest BCUT2D eigenvalue weighted by atomic mass is 16.5. The molecule has 4 bridgehead atoms. The molecule has 2 N–H and O–H groups in total. The van der Waals surface area contributed by atoms with Crippen molar-refractivity contribution in [2.75, 3.05) is 47.0 Å². The minimum Gasteiger partial charge on any atom is -0.493 e. The zero-order valence-corrected chi connectivity index (χ0v) is 26.2. The number of methoxy groups -OCH3 is 2. The average Bonchev–Trinajstić information content (AvgIpc) is 3.06. The van der Waals surface area contributed by atoms with Crippen molar-refractivity contribution in [3.63, 3.8) is 0 Å². The Morgan fingerprint density at radius 1 is 1.02 bits per heavy atom. The van der Waals surface area contributed by atoms with E-state index in [0.29, 0.717) is 61.8 Å². The zero-order valence-electron chi connectivity index (χ0n) is 26.2. The molecule has 3 aliphatic rings. The van der Waals surface area contributed by atoms with Gasteiger partial charge in [-0.25, -0.2) is 0 Å². The van der Waals surface area contributed by atoms with Gasteiger partial charge in [-0.1, -0.05) is 18.2 Å². The number of nitrogens with one attached hydrogen (secondary N) is 2. The van der Waals surface area contributed by atoms with Crippen LogP contribution >= 0.6 is 0 Å². The molecule has 4 heterocycles. The number of aryl methyl sites for hydroxylation is 1. The van der Waals surface area contributed by atoms with Gasteiger partial charge in [-0.2, -0.15) is 0 Å². The first-order valence-electron chi connectivity index (χ1n) is 15.4. The number of carbonyl (C=O) groups is 3. The number of nitrogens with zero attached hydrogens (tertiary/aromatic N) is 2. The Labute approximate surface area is 267 Å². The van der Waals surface area contributed by atoms with Crippen molar-refractivity contribution in [3.8, 4) is 17.2 Å². The summed E-state index contributed by atoms with van der Waals surface area (Å²) in [6.45, 7) is 1.51. The lowest BCUT2D eigenvalue weighted by Gasteiger charge is -2.39. The van der Waals surface area contributed by atoms with Gasteiger partial charge < -0.3 is 39.0 Å². The maximum Gasteiger partial charge on any atom is 0.255 e. The fourth-order valence-electron chi connectivity index (χ4n) is 5.69. The molecule has 3 aromatic rings. The lowest BCUT2D eigenvalue weighted by atomic mass is 10.0. The molecule has 1 fully saturated rings. The third-order valence-electron chi connectivity index (χ3n) is 8.12. The van der Waals surface area contributed by atoms with E-state index in [1.54, 1.807) is 24.0 Å². The molecule has 12 heteroatoms. The third kappa shape index (κ3) is 8.52. The minimum absolute atomic E-state index is 0.141. The van der Waals surface area contributed by atoms with E-state index >= 15 is 0 Å². The molecule has 1 saturated heterocycles. The second-order valence-electron chi connectivity index (χ2n) is 11.4. The van der Waals surface area contributed by atoms with Crippen molar-refractivity contribution < 1.29 is 33.3 Å². The number of rotatable bonds is 6. The number of aromatic amines is 1. The summed E-state index contributed by atoms with van der Waals surface area (Å²) in [5, 5.41) is 3.06. The summed E-state index contributed by atoms with van der Waals surface area (Å²) in [5.74, 6) is 0.935. The Bertz CT molecular complexity index is 1570. The number of carbonyl (C=O) groups excluding carboxylic acids is 3. The predicted octanol–water partition coefficient (Wildman–Crippen LogP) is 2.90. The number of ether oxygens (including phenoxy) is 4. The van der Waals surface area contributed by atoms with Crippen molar-refractivity contribution in [2.45, 2.75) is 44.4 Å². The Morgan fingerprint density at radius 2 is 1.89 bits per heavy atom. The summed E-state index contributed by atoms with van der Waals surface area (Å²) in [6, 6.07) is 15.4. The van der Waals surface area contributed by atoms with E-state index in [9.17, 15) is 19.2 Å². The first kappa shape index (κ1) is 32.7. The molecule has 0 radical (unpaired) electrons. The van der Waals surface area contributed by atoms with Gasteiger partial charge in [0.2, 0.25) is 17.4 Å². The van der Waals surface area contributed by atoms with Crippen molar-refractivity contribution in [3.05, 3.63) is 87.8 Å². The Kier molecular flexibility index (Phi) is 11.1.